The first-order valence-electron chi connectivity index (χ1n) is 5.90. The van der Waals surface area contributed by atoms with Gasteiger partial charge in [-0.15, -0.1) is 0 Å². The van der Waals surface area contributed by atoms with Crippen molar-refractivity contribution < 1.29 is 0 Å². The van der Waals surface area contributed by atoms with Gasteiger partial charge < -0.3 is 5.73 Å². The molecule has 0 saturated heterocycles. The largest absolute Gasteiger partial charge is 0.330 e. The summed E-state index contributed by atoms with van der Waals surface area (Å²) in [5.41, 5.74) is 8.29. The van der Waals surface area contributed by atoms with Crippen molar-refractivity contribution in [3.8, 4) is 0 Å². The number of rotatable bonds is 4. The van der Waals surface area contributed by atoms with Gasteiger partial charge >= 0.3 is 0 Å². The molecule has 0 heterocycles. The van der Waals surface area contributed by atoms with E-state index in [0.717, 1.165) is 21.5 Å². The van der Waals surface area contributed by atoms with Crippen molar-refractivity contribution in [1.29, 1.82) is 0 Å². The highest BCUT2D eigenvalue weighted by Gasteiger charge is 2.14. The fourth-order valence-electron chi connectivity index (χ4n) is 2.06. The van der Waals surface area contributed by atoms with E-state index >= 15 is 0 Å². The molecule has 0 amide bonds. The summed E-state index contributed by atoms with van der Waals surface area (Å²) >= 11 is 9.78. The minimum atomic E-state index is 0.278. The van der Waals surface area contributed by atoms with Gasteiger partial charge in [-0.2, -0.15) is 0 Å². The van der Waals surface area contributed by atoms with E-state index in [1.165, 1.54) is 5.56 Å². The topological polar surface area (TPSA) is 26.0 Å². The zero-order chi connectivity index (χ0) is 13.0. The number of halogens is 2. The fourth-order valence-corrected chi connectivity index (χ4v) is 2.88. The number of benzene rings is 2. The van der Waals surface area contributed by atoms with Crippen LogP contribution in [0.25, 0.3) is 0 Å². The van der Waals surface area contributed by atoms with Gasteiger partial charge in [-0.3, -0.25) is 0 Å². The van der Waals surface area contributed by atoms with E-state index in [-0.39, 0.29) is 5.92 Å². The molecule has 0 aromatic heterocycles. The maximum atomic E-state index is 6.20. The average Bonchev–Trinajstić information content (AvgIpc) is 2.39. The van der Waals surface area contributed by atoms with E-state index < -0.39 is 0 Å². The van der Waals surface area contributed by atoms with Crippen molar-refractivity contribution in [2.75, 3.05) is 6.54 Å². The molecule has 0 spiro atoms. The smallest absolute Gasteiger partial charge is 0.0438 e. The quantitative estimate of drug-likeness (QED) is 0.887. The van der Waals surface area contributed by atoms with Crippen molar-refractivity contribution in [1.82, 2.24) is 0 Å². The van der Waals surface area contributed by atoms with Gasteiger partial charge in [0.25, 0.3) is 0 Å². The van der Waals surface area contributed by atoms with Gasteiger partial charge in [0.2, 0.25) is 0 Å². The summed E-state index contributed by atoms with van der Waals surface area (Å²) in [6.07, 6.45) is 0.860. The van der Waals surface area contributed by atoms with Crippen molar-refractivity contribution in [2.45, 2.75) is 12.3 Å². The molecule has 0 fully saturated rings. The first-order chi connectivity index (χ1) is 8.72. The molecule has 2 rings (SSSR count). The maximum absolute atomic E-state index is 6.20. The lowest BCUT2D eigenvalue weighted by atomic mass is 9.92. The Morgan fingerprint density at radius 3 is 2.39 bits per heavy atom. The highest BCUT2D eigenvalue weighted by molar-refractivity contribution is 9.10. The number of hydrogen-bond acceptors (Lipinski definition) is 1. The number of nitrogens with two attached hydrogens (primary N) is 1. The first kappa shape index (κ1) is 13.6. The third-order valence-electron chi connectivity index (χ3n) is 3.05. The van der Waals surface area contributed by atoms with Crippen LogP contribution in [0.2, 0.25) is 5.02 Å². The van der Waals surface area contributed by atoms with Crippen LogP contribution in [0.3, 0.4) is 0 Å². The van der Waals surface area contributed by atoms with Crippen LogP contribution >= 0.6 is 27.5 Å². The van der Waals surface area contributed by atoms with E-state index in [0.29, 0.717) is 6.54 Å². The zero-order valence-electron chi connectivity index (χ0n) is 9.94. The third-order valence-corrected chi connectivity index (χ3v) is 4.14. The Morgan fingerprint density at radius 2 is 1.72 bits per heavy atom. The van der Waals surface area contributed by atoms with Crippen LogP contribution in [0.4, 0.5) is 0 Å². The molecule has 94 valence electrons. The standard InChI is InChI=1S/C15H15BrClN/c16-14-7-3-2-6-13(14)12(10-18)9-11-5-1-4-8-15(11)17/h1-8,12H,9-10,18H2. The molecule has 2 aromatic rings. The first-order valence-corrected chi connectivity index (χ1v) is 7.07. The fraction of sp³-hybridized carbons (Fsp3) is 0.200. The second-order valence-corrected chi connectivity index (χ2v) is 5.51. The molecule has 0 aliphatic rings. The highest BCUT2D eigenvalue weighted by atomic mass is 79.9. The minimum absolute atomic E-state index is 0.278. The Kier molecular flexibility index (Phi) is 4.81. The Labute approximate surface area is 121 Å². The second-order valence-electron chi connectivity index (χ2n) is 4.25. The van der Waals surface area contributed by atoms with Crippen LogP contribution < -0.4 is 5.73 Å². The molecule has 0 radical (unpaired) electrons. The van der Waals surface area contributed by atoms with Gasteiger partial charge in [0.05, 0.1) is 0 Å². The Bertz CT molecular complexity index is 527. The molecule has 3 heteroatoms. The second kappa shape index (κ2) is 6.37. The van der Waals surface area contributed by atoms with Crippen LogP contribution in [-0.4, -0.2) is 6.54 Å². The van der Waals surface area contributed by atoms with E-state index in [2.05, 4.69) is 28.1 Å². The SMILES string of the molecule is NCC(Cc1ccccc1Cl)c1ccccc1Br. The molecule has 2 N–H and O–H groups in total. The van der Waals surface area contributed by atoms with Crippen LogP contribution in [0, 0.1) is 0 Å². The normalized spacial score (nSPS) is 12.4. The maximum Gasteiger partial charge on any atom is 0.0438 e. The molecule has 1 nitrogen and oxygen atoms in total. The Hall–Kier alpha value is -0.830. The summed E-state index contributed by atoms with van der Waals surface area (Å²) in [6, 6.07) is 16.1. The molecule has 18 heavy (non-hydrogen) atoms. The van der Waals surface area contributed by atoms with Crippen molar-refractivity contribution >= 4 is 27.5 Å². The van der Waals surface area contributed by atoms with Gasteiger partial charge in [-0.05, 0) is 36.2 Å². The Balaban J connectivity index is 2.26. The van der Waals surface area contributed by atoms with Crippen LogP contribution in [0.15, 0.2) is 53.0 Å². The molecule has 0 bridgehead atoms. The summed E-state index contributed by atoms with van der Waals surface area (Å²) in [7, 11) is 0. The minimum Gasteiger partial charge on any atom is -0.330 e. The summed E-state index contributed by atoms with van der Waals surface area (Å²) in [5.74, 6) is 0.278. The highest BCUT2D eigenvalue weighted by Crippen LogP contribution is 2.29. The lowest BCUT2D eigenvalue weighted by molar-refractivity contribution is 0.691. The van der Waals surface area contributed by atoms with Gasteiger partial charge in [0, 0.05) is 15.4 Å². The summed E-state index contributed by atoms with van der Waals surface area (Å²) in [4.78, 5) is 0. The van der Waals surface area contributed by atoms with Gasteiger partial charge in [-0.1, -0.05) is 63.9 Å². The van der Waals surface area contributed by atoms with Crippen LogP contribution in [-0.2, 0) is 6.42 Å². The van der Waals surface area contributed by atoms with Crippen molar-refractivity contribution in [3.63, 3.8) is 0 Å². The molecule has 1 atom stereocenters. The predicted octanol–water partition coefficient (Wildman–Crippen LogP) is 4.39. The van der Waals surface area contributed by atoms with Gasteiger partial charge in [-0.25, -0.2) is 0 Å². The summed E-state index contributed by atoms with van der Waals surface area (Å²) in [6.45, 7) is 0.605. The van der Waals surface area contributed by atoms with Gasteiger partial charge in [0.15, 0.2) is 0 Å². The lowest BCUT2D eigenvalue weighted by Gasteiger charge is -2.17. The molecule has 1 unspecified atom stereocenters. The Morgan fingerprint density at radius 1 is 1.06 bits per heavy atom. The van der Waals surface area contributed by atoms with E-state index in [4.69, 9.17) is 17.3 Å². The zero-order valence-corrected chi connectivity index (χ0v) is 12.3. The predicted molar refractivity (Wildman–Crippen MR) is 81.1 cm³/mol. The van der Waals surface area contributed by atoms with E-state index in [1.807, 2.05) is 36.4 Å². The molecule has 0 aliphatic carbocycles. The summed E-state index contributed by atoms with van der Waals surface area (Å²) < 4.78 is 1.10. The van der Waals surface area contributed by atoms with E-state index in [1.54, 1.807) is 0 Å². The molecule has 0 saturated carbocycles. The van der Waals surface area contributed by atoms with E-state index in [9.17, 15) is 0 Å². The van der Waals surface area contributed by atoms with Crippen molar-refractivity contribution in [2.24, 2.45) is 5.73 Å². The molecule has 2 aromatic carbocycles. The molecular formula is C15H15BrClN. The van der Waals surface area contributed by atoms with Crippen LogP contribution in [0.5, 0.6) is 0 Å². The van der Waals surface area contributed by atoms with Crippen LogP contribution in [0.1, 0.15) is 17.0 Å². The molecule has 0 aliphatic heterocycles. The summed E-state index contributed by atoms with van der Waals surface area (Å²) in [5, 5.41) is 0.808. The van der Waals surface area contributed by atoms with Gasteiger partial charge in [0.1, 0.15) is 0 Å². The average molecular weight is 325 g/mol. The van der Waals surface area contributed by atoms with Crippen molar-refractivity contribution in [3.05, 3.63) is 69.2 Å². The lowest BCUT2D eigenvalue weighted by Crippen LogP contribution is -2.15. The number of hydrogen-bond donors (Lipinski definition) is 1. The third kappa shape index (κ3) is 3.14. The molecular weight excluding hydrogens is 310 g/mol. The monoisotopic (exact) mass is 323 g/mol.